The van der Waals surface area contributed by atoms with Gasteiger partial charge >= 0.3 is 0 Å². The lowest BCUT2D eigenvalue weighted by Gasteiger charge is -2.11. The standard InChI is InChI=1S/C11H7NO2/c13-10-6-8-9(12-10)4-3-7-2-1-5-14-11(7)8/h1-4,6H,5H2. The van der Waals surface area contributed by atoms with E-state index in [2.05, 4.69) is 4.99 Å². The summed E-state index contributed by atoms with van der Waals surface area (Å²) in [6.45, 7) is 0.561. The first kappa shape index (κ1) is 7.50. The van der Waals surface area contributed by atoms with Crippen LogP contribution < -0.4 is 15.3 Å². The van der Waals surface area contributed by atoms with Gasteiger partial charge in [0, 0.05) is 16.9 Å². The second-order valence-corrected chi connectivity index (χ2v) is 3.22. The number of hydrogen-bond acceptors (Lipinski definition) is 2. The molecule has 0 saturated heterocycles. The van der Waals surface area contributed by atoms with Crippen LogP contribution in [0.5, 0.6) is 5.75 Å². The molecule has 0 atom stereocenters. The summed E-state index contributed by atoms with van der Waals surface area (Å²) in [5.41, 5.74) is 1.01. The van der Waals surface area contributed by atoms with Crippen LogP contribution in [0.3, 0.4) is 0 Å². The molecule has 14 heavy (non-hydrogen) atoms. The molecule has 2 aliphatic rings. The second kappa shape index (κ2) is 2.54. The van der Waals surface area contributed by atoms with E-state index in [1.807, 2.05) is 24.3 Å². The van der Waals surface area contributed by atoms with Gasteiger partial charge in [-0.2, -0.15) is 0 Å². The maximum Gasteiger partial charge on any atom is 0.271 e. The van der Waals surface area contributed by atoms with E-state index in [9.17, 15) is 4.79 Å². The van der Waals surface area contributed by atoms with Crippen LogP contribution in [0.2, 0.25) is 0 Å². The van der Waals surface area contributed by atoms with Crippen LogP contribution >= 0.6 is 0 Å². The van der Waals surface area contributed by atoms with E-state index in [-0.39, 0.29) is 5.91 Å². The zero-order chi connectivity index (χ0) is 9.54. The number of fused-ring (bicyclic) bond motifs is 3. The Hall–Kier alpha value is -1.90. The molecular weight excluding hydrogens is 178 g/mol. The van der Waals surface area contributed by atoms with E-state index >= 15 is 0 Å². The molecule has 0 spiro atoms. The zero-order valence-corrected chi connectivity index (χ0v) is 7.36. The number of ether oxygens (including phenoxy) is 1. The van der Waals surface area contributed by atoms with Gasteiger partial charge in [-0.25, -0.2) is 4.99 Å². The van der Waals surface area contributed by atoms with Crippen molar-refractivity contribution in [2.24, 2.45) is 4.99 Å². The lowest BCUT2D eigenvalue weighted by Crippen LogP contribution is -2.25. The van der Waals surface area contributed by atoms with Crippen LogP contribution in [0.1, 0.15) is 5.56 Å². The van der Waals surface area contributed by atoms with Crippen LogP contribution in [-0.4, -0.2) is 12.5 Å². The van der Waals surface area contributed by atoms with E-state index in [4.69, 9.17) is 4.74 Å². The molecule has 0 bridgehead atoms. The summed E-state index contributed by atoms with van der Waals surface area (Å²) in [4.78, 5) is 15.0. The highest BCUT2D eigenvalue weighted by molar-refractivity contribution is 6.06. The molecule has 3 rings (SSSR count). The fourth-order valence-electron chi connectivity index (χ4n) is 1.72. The fourth-order valence-corrected chi connectivity index (χ4v) is 1.72. The third-order valence-corrected chi connectivity index (χ3v) is 2.32. The molecule has 3 heteroatoms. The highest BCUT2D eigenvalue weighted by Gasteiger charge is 2.12. The van der Waals surface area contributed by atoms with Crippen molar-refractivity contribution in [2.45, 2.75) is 0 Å². The van der Waals surface area contributed by atoms with E-state index in [0.29, 0.717) is 12.0 Å². The molecule has 1 aromatic carbocycles. The highest BCUT2D eigenvalue weighted by atomic mass is 16.5. The van der Waals surface area contributed by atoms with Crippen molar-refractivity contribution < 1.29 is 9.53 Å². The lowest BCUT2D eigenvalue weighted by atomic mass is 10.1. The van der Waals surface area contributed by atoms with Crippen molar-refractivity contribution in [1.29, 1.82) is 0 Å². The molecule has 0 unspecified atom stereocenters. The van der Waals surface area contributed by atoms with E-state index < -0.39 is 0 Å². The van der Waals surface area contributed by atoms with E-state index in [1.165, 1.54) is 6.08 Å². The number of amides is 1. The Morgan fingerprint density at radius 3 is 3.21 bits per heavy atom. The van der Waals surface area contributed by atoms with Crippen LogP contribution in [0.4, 0.5) is 0 Å². The van der Waals surface area contributed by atoms with Gasteiger partial charge in [-0.3, -0.25) is 4.79 Å². The normalized spacial score (nSPS) is 16.4. The molecule has 1 aromatic rings. The molecular formula is C11H7NO2. The van der Waals surface area contributed by atoms with Gasteiger partial charge in [0.05, 0.1) is 5.36 Å². The summed E-state index contributed by atoms with van der Waals surface area (Å²) in [5.74, 6) is 0.575. The topological polar surface area (TPSA) is 38.7 Å². The number of hydrogen-bond donors (Lipinski definition) is 0. The van der Waals surface area contributed by atoms with Gasteiger partial charge in [-0.1, -0.05) is 6.08 Å². The molecule has 68 valence electrons. The Balaban J connectivity index is 2.44. The quantitative estimate of drug-likeness (QED) is 0.572. The summed E-state index contributed by atoms with van der Waals surface area (Å²) in [6, 6.07) is 3.76. The van der Waals surface area contributed by atoms with Gasteiger partial charge in [-0.15, -0.1) is 0 Å². The maximum absolute atomic E-state index is 11.1. The molecule has 0 fully saturated rings. The van der Waals surface area contributed by atoms with Crippen LogP contribution in [0.25, 0.3) is 12.2 Å². The predicted octanol–water partition coefficient (Wildman–Crippen LogP) is 0.0325. The van der Waals surface area contributed by atoms with Crippen LogP contribution in [0.15, 0.2) is 23.2 Å². The first-order valence-corrected chi connectivity index (χ1v) is 4.41. The van der Waals surface area contributed by atoms with Gasteiger partial charge in [0.2, 0.25) is 0 Å². The predicted molar refractivity (Wildman–Crippen MR) is 51.2 cm³/mol. The van der Waals surface area contributed by atoms with Crippen molar-refractivity contribution in [2.75, 3.05) is 6.61 Å². The van der Waals surface area contributed by atoms with Gasteiger partial charge < -0.3 is 4.74 Å². The third kappa shape index (κ3) is 0.923. The first-order chi connectivity index (χ1) is 6.84. The van der Waals surface area contributed by atoms with Crippen molar-refractivity contribution >= 4 is 18.1 Å². The number of carbonyl (C=O) groups is 1. The van der Waals surface area contributed by atoms with Gasteiger partial charge in [0.25, 0.3) is 5.91 Å². The molecule has 3 nitrogen and oxygen atoms in total. The maximum atomic E-state index is 11.1. The van der Waals surface area contributed by atoms with Gasteiger partial charge in [0.1, 0.15) is 12.4 Å². The monoisotopic (exact) mass is 185 g/mol. The van der Waals surface area contributed by atoms with Crippen molar-refractivity contribution in [3.05, 3.63) is 34.3 Å². The lowest BCUT2D eigenvalue weighted by molar-refractivity contribution is -0.112. The smallest absolute Gasteiger partial charge is 0.271 e. The summed E-state index contributed by atoms with van der Waals surface area (Å²) in [5, 5.41) is 1.53. The minimum atomic E-state index is -0.202. The average molecular weight is 185 g/mol. The number of rotatable bonds is 0. The molecule has 0 radical (unpaired) electrons. The largest absolute Gasteiger partial charge is 0.488 e. The number of nitrogens with zero attached hydrogens (tertiary/aromatic N) is 1. The Labute approximate surface area is 80.0 Å². The highest BCUT2D eigenvalue weighted by Crippen LogP contribution is 2.17. The first-order valence-electron chi connectivity index (χ1n) is 4.41. The minimum Gasteiger partial charge on any atom is -0.488 e. The SMILES string of the molecule is O=C1C=c2c3c(ccc2=N1)C=CCO3. The summed E-state index contributed by atoms with van der Waals surface area (Å²) in [6.07, 6.45) is 5.46. The van der Waals surface area contributed by atoms with Gasteiger partial charge in [-0.05, 0) is 18.2 Å². The molecule has 2 heterocycles. The number of carbonyl (C=O) groups excluding carboxylic acids is 1. The Morgan fingerprint density at radius 1 is 1.36 bits per heavy atom. The second-order valence-electron chi connectivity index (χ2n) is 3.22. The number of benzene rings is 1. The summed E-state index contributed by atoms with van der Waals surface area (Å²) < 4.78 is 5.48. The zero-order valence-electron chi connectivity index (χ0n) is 7.36. The minimum absolute atomic E-state index is 0.202. The Kier molecular flexibility index (Phi) is 1.36. The Bertz CT molecular complexity index is 570. The van der Waals surface area contributed by atoms with Crippen molar-refractivity contribution in [1.82, 2.24) is 0 Å². The van der Waals surface area contributed by atoms with Crippen molar-refractivity contribution in [3.63, 3.8) is 0 Å². The van der Waals surface area contributed by atoms with Crippen LogP contribution in [-0.2, 0) is 4.79 Å². The molecule has 2 aliphatic heterocycles. The summed E-state index contributed by atoms with van der Waals surface area (Å²) >= 11 is 0. The van der Waals surface area contributed by atoms with E-state index in [0.717, 1.165) is 16.5 Å². The van der Waals surface area contributed by atoms with E-state index in [1.54, 1.807) is 0 Å². The molecule has 0 saturated carbocycles. The molecule has 1 amide bonds. The fraction of sp³-hybridized carbons (Fsp3) is 0.0909. The molecule has 0 N–H and O–H groups in total. The third-order valence-electron chi connectivity index (χ3n) is 2.32. The van der Waals surface area contributed by atoms with Crippen LogP contribution in [0, 0.1) is 0 Å². The van der Waals surface area contributed by atoms with Crippen molar-refractivity contribution in [3.8, 4) is 5.75 Å². The average Bonchev–Trinajstić information content (AvgIpc) is 2.59. The summed E-state index contributed by atoms with van der Waals surface area (Å²) in [7, 11) is 0. The Morgan fingerprint density at radius 2 is 2.29 bits per heavy atom. The molecule has 0 aromatic heterocycles. The molecule has 0 aliphatic carbocycles. The van der Waals surface area contributed by atoms with Gasteiger partial charge in [0.15, 0.2) is 0 Å².